The Hall–Kier alpha value is -3.07. The molecule has 3 rings (SSSR count). The first-order valence-corrected chi connectivity index (χ1v) is 7.02. The molecule has 0 aliphatic carbocycles. The van der Waals surface area contributed by atoms with E-state index in [2.05, 4.69) is 15.0 Å². The summed E-state index contributed by atoms with van der Waals surface area (Å²) in [7, 11) is 0. The maximum atomic E-state index is 13.7. The van der Waals surface area contributed by atoms with Crippen molar-refractivity contribution in [2.45, 2.75) is 19.8 Å². The van der Waals surface area contributed by atoms with Gasteiger partial charge in [-0.25, -0.2) is 14.4 Å². The van der Waals surface area contributed by atoms with Gasteiger partial charge in [0.15, 0.2) is 17.3 Å². The Balaban J connectivity index is 2.04. The highest BCUT2D eigenvalue weighted by atomic mass is 19.1. The molecule has 2 aromatic heterocycles. The summed E-state index contributed by atoms with van der Waals surface area (Å²) in [4.78, 5) is 23.9. The molecule has 0 saturated heterocycles. The third-order valence-corrected chi connectivity index (χ3v) is 3.74. The Morgan fingerprint density at radius 2 is 2.09 bits per heavy atom. The maximum absolute atomic E-state index is 13.7. The molecule has 3 aromatic rings. The van der Waals surface area contributed by atoms with E-state index < -0.39 is 17.5 Å². The summed E-state index contributed by atoms with van der Waals surface area (Å²) in [6.07, 6.45) is 1.61. The second kappa shape index (κ2) is 5.61. The molecule has 0 unspecified atom stereocenters. The number of rotatable bonds is 3. The van der Waals surface area contributed by atoms with E-state index in [1.165, 1.54) is 12.1 Å². The zero-order valence-corrected chi connectivity index (χ0v) is 12.6. The third kappa shape index (κ3) is 2.57. The minimum Gasteiger partial charge on any atom is -0.339 e. The number of halogens is 1. The summed E-state index contributed by atoms with van der Waals surface area (Å²) < 4.78 is 13.7. The van der Waals surface area contributed by atoms with Gasteiger partial charge in [-0.15, -0.1) is 0 Å². The molecule has 1 aromatic carbocycles. The lowest BCUT2D eigenvalue weighted by atomic mass is 9.97. The number of nitriles is 1. The molecule has 5 nitrogen and oxygen atoms in total. The summed E-state index contributed by atoms with van der Waals surface area (Å²) in [6.45, 7) is 3.49. The van der Waals surface area contributed by atoms with Gasteiger partial charge in [-0.2, -0.15) is 5.26 Å². The number of imidazole rings is 1. The van der Waals surface area contributed by atoms with E-state index in [4.69, 9.17) is 0 Å². The van der Waals surface area contributed by atoms with Crippen molar-refractivity contribution in [3.05, 3.63) is 58.8 Å². The van der Waals surface area contributed by atoms with Gasteiger partial charge in [-0.3, -0.25) is 4.79 Å². The number of H-pyrrole nitrogens is 1. The molecule has 0 amide bonds. The SMILES string of the molecule is Cc1ccc(C(=O)[C@H](C#N)c2nc3nccc(C)c3[nH]2)cc1F. The van der Waals surface area contributed by atoms with E-state index in [-0.39, 0.29) is 11.4 Å². The van der Waals surface area contributed by atoms with Crippen LogP contribution in [0.3, 0.4) is 0 Å². The van der Waals surface area contributed by atoms with Crippen molar-refractivity contribution in [1.82, 2.24) is 15.0 Å². The Morgan fingerprint density at radius 1 is 1.30 bits per heavy atom. The van der Waals surface area contributed by atoms with E-state index >= 15 is 0 Å². The molecule has 0 spiro atoms. The monoisotopic (exact) mass is 308 g/mol. The quantitative estimate of drug-likeness (QED) is 0.753. The number of aromatic nitrogens is 3. The normalized spacial score (nSPS) is 12.1. The van der Waals surface area contributed by atoms with Gasteiger partial charge < -0.3 is 4.98 Å². The molecule has 23 heavy (non-hydrogen) atoms. The number of benzene rings is 1. The van der Waals surface area contributed by atoms with Gasteiger partial charge >= 0.3 is 0 Å². The Kier molecular flexibility index (Phi) is 3.62. The van der Waals surface area contributed by atoms with Crippen LogP contribution in [-0.4, -0.2) is 20.7 Å². The van der Waals surface area contributed by atoms with Gasteiger partial charge in [0.25, 0.3) is 0 Å². The van der Waals surface area contributed by atoms with E-state index in [0.717, 1.165) is 11.6 Å². The second-order valence-corrected chi connectivity index (χ2v) is 5.34. The lowest BCUT2D eigenvalue weighted by Crippen LogP contribution is -2.13. The minimum atomic E-state index is -1.13. The lowest BCUT2D eigenvalue weighted by molar-refractivity contribution is 0.0976. The average Bonchev–Trinajstić information content (AvgIpc) is 2.96. The number of hydrogen-bond acceptors (Lipinski definition) is 4. The van der Waals surface area contributed by atoms with Crippen molar-refractivity contribution >= 4 is 16.9 Å². The van der Waals surface area contributed by atoms with Gasteiger partial charge in [0.2, 0.25) is 0 Å². The Morgan fingerprint density at radius 3 is 2.74 bits per heavy atom. The van der Waals surface area contributed by atoms with Crippen molar-refractivity contribution in [1.29, 1.82) is 5.26 Å². The van der Waals surface area contributed by atoms with Crippen LogP contribution in [0, 0.1) is 31.0 Å². The number of pyridine rings is 1. The number of carbonyl (C=O) groups excluding carboxylic acids is 1. The van der Waals surface area contributed by atoms with Crippen LogP contribution in [0.25, 0.3) is 11.2 Å². The van der Waals surface area contributed by atoms with E-state index in [1.54, 1.807) is 13.1 Å². The number of ketones is 1. The molecule has 114 valence electrons. The van der Waals surface area contributed by atoms with Crippen LogP contribution in [0.4, 0.5) is 4.39 Å². The number of carbonyl (C=O) groups is 1. The highest BCUT2D eigenvalue weighted by Gasteiger charge is 2.26. The van der Waals surface area contributed by atoms with Gasteiger partial charge in [0.1, 0.15) is 11.6 Å². The fourth-order valence-electron chi connectivity index (χ4n) is 2.35. The van der Waals surface area contributed by atoms with Crippen LogP contribution in [0.1, 0.15) is 33.2 Å². The third-order valence-electron chi connectivity index (χ3n) is 3.74. The van der Waals surface area contributed by atoms with Gasteiger partial charge in [0, 0.05) is 11.8 Å². The minimum absolute atomic E-state index is 0.143. The van der Waals surface area contributed by atoms with Gasteiger partial charge in [-0.1, -0.05) is 12.1 Å². The fourth-order valence-corrected chi connectivity index (χ4v) is 2.35. The first-order chi connectivity index (χ1) is 11.0. The molecule has 0 fully saturated rings. The number of hydrogen-bond donors (Lipinski definition) is 1. The van der Waals surface area contributed by atoms with Crippen molar-refractivity contribution in [3.8, 4) is 6.07 Å². The predicted octanol–water partition coefficient (Wildman–Crippen LogP) is 3.20. The summed E-state index contributed by atoms with van der Waals surface area (Å²) in [5.74, 6) is -1.89. The number of aromatic amines is 1. The lowest BCUT2D eigenvalue weighted by Gasteiger charge is -2.06. The zero-order valence-electron chi connectivity index (χ0n) is 12.6. The van der Waals surface area contributed by atoms with E-state index in [1.807, 2.05) is 19.1 Å². The number of nitrogens with zero attached hydrogens (tertiary/aromatic N) is 3. The van der Waals surface area contributed by atoms with E-state index in [9.17, 15) is 14.4 Å². The molecule has 6 heteroatoms. The topological polar surface area (TPSA) is 82.4 Å². The average molecular weight is 308 g/mol. The first-order valence-electron chi connectivity index (χ1n) is 7.02. The highest BCUT2D eigenvalue weighted by Crippen LogP contribution is 2.22. The molecule has 1 atom stereocenters. The standard InChI is InChI=1S/C17H13FN4O/c1-9-3-4-11(7-13(9)18)15(23)12(8-19)16-21-14-10(2)5-6-20-17(14)22-16/h3-7,12H,1-2H3,(H,20,21,22)/t12-/m0/s1. The number of aryl methyl sites for hydroxylation is 2. The van der Waals surface area contributed by atoms with Crippen LogP contribution in [0.15, 0.2) is 30.5 Å². The fraction of sp³-hybridized carbons (Fsp3) is 0.176. The van der Waals surface area contributed by atoms with Gasteiger partial charge in [-0.05, 0) is 37.1 Å². The molecule has 0 aliphatic rings. The second-order valence-electron chi connectivity index (χ2n) is 5.34. The molecule has 2 heterocycles. The summed E-state index contributed by atoms with van der Waals surface area (Å²) >= 11 is 0. The van der Waals surface area contributed by atoms with Crippen LogP contribution >= 0.6 is 0 Å². The molecule has 0 saturated carbocycles. The molecule has 0 bridgehead atoms. The van der Waals surface area contributed by atoms with Crippen LogP contribution in [0.5, 0.6) is 0 Å². The predicted molar refractivity (Wildman–Crippen MR) is 82.4 cm³/mol. The molecular weight excluding hydrogens is 295 g/mol. The Bertz CT molecular complexity index is 955. The summed E-state index contributed by atoms with van der Waals surface area (Å²) in [5, 5.41) is 9.38. The maximum Gasteiger partial charge on any atom is 0.187 e. The molecule has 0 aliphatic heterocycles. The van der Waals surface area contributed by atoms with Gasteiger partial charge in [0.05, 0.1) is 11.6 Å². The van der Waals surface area contributed by atoms with Crippen molar-refractivity contribution < 1.29 is 9.18 Å². The number of Topliss-reactive ketones (excluding diaryl/α,β-unsaturated/α-hetero) is 1. The number of nitrogens with one attached hydrogen (secondary N) is 1. The summed E-state index contributed by atoms with van der Waals surface area (Å²) in [5.41, 5.74) is 2.64. The van der Waals surface area contributed by atoms with Crippen molar-refractivity contribution in [3.63, 3.8) is 0 Å². The number of fused-ring (bicyclic) bond motifs is 1. The highest BCUT2D eigenvalue weighted by molar-refractivity contribution is 6.02. The van der Waals surface area contributed by atoms with E-state index in [0.29, 0.717) is 16.7 Å². The van der Waals surface area contributed by atoms with Crippen LogP contribution in [-0.2, 0) is 0 Å². The first kappa shape index (κ1) is 14.9. The smallest absolute Gasteiger partial charge is 0.187 e. The summed E-state index contributed by atoms with van der Waals surface area (Å²) in [6, 6.07) is 7.92. The largest absolute Gasteiger partial charge is 0.339 e. The zero-order chi connectivity index (χ0) is 16.6. The molecular formula is C17H13FN4O. The van der Waals surface area contributed by atoms with Crippen molar-refractivity contribution in [2.24, 2.45) is 0 Å². The van der Waals surface area contributed by atoms with Crippen LogP contribution in [0.2, 0.25) is 0 Å². The van der Waals surface area contributed by atoms with Crippen LogP contribution < -0.4 is 0 Å². The van der Waals surface area contributed by atoms with Crippen molar-refractivity contribution in [2.75, 3.05) is 0 Å². The molecule has 1 N–H and O–H groups in total. The molecule has 0 radical (unpaired) electrons. The Labute approximate surface area is 131 Å².